The van der Waals surface area contributed by atoms with E-state index >= 15 is 0 Å². The number of ether oxygens (including phenoxy) is 1. The van der Waals surface area contributed by atoms with Crippen molar-refractivity contribution in [3.8, 4) is 5.75 Å². The van der Waals surface area contributed by atoms with Gasteiger partial charge >= 0.3 is 6.18 Å². The first-order chi connectivity index (χ1) is 13.3. The number of likely N-dealkylation sites (tertiary alicyclic amines) is 1. The van der Waals surface area contributed by atoms with Crippen molar-refractivity contribution in [3.05, 3.63) is 29.8 Å². The molecule has 29 heavy (non-hydrogen) atoms. The molecule has 0 aliphatic carbocycles. The van der Waals surface area contributed by atoms with Gasteiger partial charge in [-0.15, -0.1) is 24.0 Å². The summed E-state index contributed by atoms with van der Waals surface area (Å²) in [5, 5.41) is 6.07. The van der Waals surface area contributed by atoms with Crippen LogP contribution in [-0.4, -0.2) is 55.6 Å². The van der Waals surface area contributed by atoms with Crippen LogP contribution in [-0.2, 0) is 16.1 Å². The molecule has 1 heterocycles. The van der Waals surface area contributed by atoms with Gasteiger partial charge in [-0.25, -0.2) is 0 Å². The Labute approximate surface area is 184 Å². The van der Waals surface area contributed by atoms with Crippen molar-refractivity contribution < 1.29 is 27.5 Å². The van der Waals surface area contributed by atoms with Gasteiger partial charge in [-0.2, -0.15) is 13.2 Å². The standard InChI is InChI=1S/C18H23F3N4O3.HI/c1-22-17(23-9-10-25-15(26)3-2-4-16(25)27)24-11-13-5-7-14(8-6-13)28-12-18(19,20)21;/h5-8H,2-4,9-12H2,1H3,(H2,22,23,24);1H. The quantitative estimate of drug-likeness (QED) is 0.246. The van der Waals surface area contributed by atoms with Gasteiger partial charge in [-0.1, -0.05) is 12.1 Å². The number of guanidine groups is 1. The largest absolute Gasteiger partial charge is 0.484 e. The SMILES string of the molecule is CN=C(NCCN1C(=O)CCCC1=O)NCc1ccc(OCC(F)(F)F)cc1.I. The van der Waals surface area contributed by atoms with Gasteiger partial charge in [0.2, 0.25) is 11.8 Å². The fraction of sp³-hybridized carbons (Fsp3) is 0.500. The molecule has 0 radical (unpaired) electrons. The maximum absolute atomic E-state index is 12.1. The molecule has 2 amide bonds. The molecule has 162 valence electrons. The minimum atomic E-state index is -4.37. The number of piperidine rings is 1. The number of halogens is 4. The van der Waals surface area contributed by atoms with Gasteiger partial charge in [0.1, 0.15) is 5.75 Å². The summed E-state index contributed by atoms with van der Waals surface area (Å²) in [5.41, 5.74) is 0.823. The average Bonchev–Trinajstić information content (AvgIpc) is 2.65. The van der Waals surface area contributed by atoms with E-state index in [0.29, 0.717) is 38.3 Å². The summed E-state index contributed by atoms with van der Waals surface area (Å²) in [7, 11) is 1.58. The summed E-state index contributed by atoms with van der Waals surface area (Å²) in [6.45, 7) is -0.311. The van der Waals surface area contributed by atoms with E-state index < -0.39 is 12.8 Å². The topological polar surface area (TPSA) is 83.0 Å². The minimum absolute atomic E-state index is 0. The number of hydrogen-bond donors (Lipinski definition) is 2. The second kappa shape index (κ2) is 11.8. The molecule has 7 nitrogen and oxygen atoms in total. The normalized spacial score (nSPS) is 15.0. The molecule has 1 aromatic rings. The maximum Gasteiger partial charge on any atom is 0.422 e. The zero-order valence-electron chi connectivity index (χ0n) is 15.9. The Hall–Kier alpha value is -2.05. The Morgan fingerprint density at radius 1 is 1.14 bits per heavy atom. The second-order valence-corrected chi connectivity index (χ2v) is 6.19. The zero-order chi connectivity index (χ0) is 20.6. The molecule has 0 spiro atoms. The Morgan fingerprint density at radius 2 is 1.76 bits per heavy atom. The van der Waals surface area contributed by atoms with E-state index in [9.17, 15) is 22.8 Å². The molecular formula is C18H24F3IN4O3. The highest BCUT2D eigenvalue weighted by molar-refractivity contribution is 14.0. The molecule has 1 aliphatic heterocycles. The highest BCUT2D eigenvalue weighted by atomic mass is 127. The highest BCUT2D eigenvalue weighted by Gasteiger charge is 2.28. The third kappa shape index (κ3) is 8.88. The zero-order valence-corrected chi connectivity index (χ0v) is 18.3. The van der Waals surface area contributed by atoms with Gasteiger partial charge < -0.3 is 15.4 Å². The highest BCUT2D eigenvalue weighted by Crippen LogP contribution is 2.18. The van der Waals surface area contributed by atoms with E-state index in [-0.39, 0.29) is 48.1 Å². The predicted molar refractivity (Wildman–Crippen MR) is 112 cm³/mol. The van der Waals surface area contributed by atoms with Crippen LogP contribution in [0, 0.1) is 0 Å². The number of aliphatic imine (C=N–C) groups is 1. The van der Waals surface area contributed by atoms with Crippen molar-refractivity contribution in [2.45, 2.75) is 32.0 Å². The van der Waals surface area contributed by atoms with Gasteiger partial charge in [0.25, 0.3) is 0 Å². The van der Waals surface area contributed by atoms with Crippen LogP contribution in [0.25, 0.3) is 0 Å². The average molecular weight is 528 g/mol. The Kier molecular flexibility index (Phi) is 10.2. The van der Waals surface area contributed by atoms with Crippen molar-refractivity contribution in [2.24, 2.45) is 4.99 Å². The van der Waals surface area contributed by atoms with E-state index in [1.165, 1.54) is 17.0 Å². The molecule has 1 saturated heterocycles. The summed E-state index contributed by atoms with van der Waals surface area (Å²) in [6, 6.07) is 6.23. The molecule has 0 atom stereocenters. The number of nitrogens with one attached hydrogen (secondary N) is 2. The summed E-state index contributed by atoms with van der Waals surface area (Å²) in [4.78, 5) is 28.8. The lowest BCUT2D eigenvalue weighted by Gasteiger charge is -2.25. The van der Waals surface area contributed by atoms with E-state index in [4.69, 9.17) is 0 Å². The number of alkyl halides is 3. The molecule has 0 bridgehead atoms. The molecule has 2 rings (SSSR count). The molecule has 1 aliphatic rings. The van der Waals surface area contributed by atoms with E-state index in [0.717, 1.165) is 5.56 Å². The molecule has 0 aromatic heterocycles. The first-order valence-corrected chi connectivity index (χ1v) is 8.84. The van der Waals surface area contributed by atoms with Crippen molar-refractivity contribution >= 4 is 41.8 Å². The fourth-order valence-corrected chi connectivity index (χ4v) is 2.61. The summed E-state index contributed by atoms with van der Waals surface area (Å²) >= 11 is 0. The van der Waals surface area contributed by atoms with Crippen LogP contribution in [0.2, 0.25) is 0 Å². The summed E-state index contributed by atoms with van der Waals surface area (Å²) in [5.74, 6) is 0.302. The number of carbonyl (C=O) groups is 2. The van der Waals surface area contributed by atoms with Gasteiger partial charge in [0.15, 0.2) is 12.6 Å². The monoisotopic (exact) mass is 528 g/mol. The fourth-order valence-electron chi connectivity index (χ4n) is 2.61. The van der Waals surface area contributed by atoms with Crippen LogP contribution in [0.1, 0.15) is 24.8 Å². The lowest BCUT2D eigenvalue weighted by atomic mass is 10.1. The molecular weight excluding hydrogens is 504 g/mol. The van der Waals surface area contributed by atoms with Crippen molar-refractivity contribution in [1.29, 1.82) is 0 Å². The van der Waals surface area contributed by atoms with Crippen LogP contribution in [0.15, 0.2) is 29.3 Å². The number of benzene rings is 1. The first-order valence-electron chi connectivity index (χ1n) is 8.84. The molecule has 0 saturated carbocycles. The van der Waals surface area contributed by atoms with Gasteiger partial charge in [-0.3, -0.25) is 19.5 Å². The number of hydrogen-bond acceptors (Lipinski definition) is 4. The van der Waals surface area contributed by atoms with Crippen molar-refractivity contribution in [1.82, 2.24) is 15.5 Å². The van der Waals surface area contributed by atoms with Gasteiger partial charge in [0, 0.05) is 39.5 Å². The molecule has 1 fully saturated rings. The van der Waals surface area contributed by atoms with Crippen LogP contribution >= 0.6 is 24.0 Å². The van der Waals surface area contributed by atoms with Crippen LogP contribution in [0.5, 0.6) is 5.75 Å². The van der Waals surface area contributed by atoms with Crippen molar-refractivity contribution in [2.75, 3.05) is 26.7 Å². The smallest absolute Gasteiger partial charge is 0.422 e. The number of nitrogens with zero attached hydrogens (tertiary/aromatic N) is 2. The van der Waals surface area contributed by atoms with Gasteiger partial charge in [0.05, 0.1) is 0 Å². The number of rotatable bonds is 7. The lowest BCUT2D eigenvalue weighted by Crippen LogP contribution is -2.46. The van der Waals surface area contributed by atoms with Crippen LogP contribution < -0.4 is 15.4 Å². The Balaban J connectivity index is 0.00000420. The third-order valence-corrected chi connectivity index (χ3v) is 4.02. The lowest BCUT2D eigenvalue weighted by molar-refractivity contribution is -0.153. The number of amides is 2. The number of imide groups is 1. The molecule has 11 heteroatoms. The maximum atomic E-state index is 12.1. The van der Waals surface area contributed by atoms with Gasteiger partial charge in [-0.05, 0) is 24.1 Å². The Bertz CT molecular complexity index is 695. The minimum Gasteiger partial charge on any atom is -0.484 e. The third-order valence-electron chi connectivity index (χ3n) is 4.02. The summed E-state index contributed by atoms with van der Waals surface area (Å²) < 4.78 is 41.1. The summed E-state index contributed by atoms with van der Waals surface area (Å²) in [6.07, 6.45) is -2.99. The number of carbonyl (C=O) groups excluding carboxylic acids is 2. The molecule has 1 aromatic carbocycles. The van der Waals surface area contributed by atoms with Crippen LogP contribution in [0.3, 0.4) is 0 Å². The first kappa shape index (κ1) is 25.0. The molecule has 2 N–H and O–H groups in total. The van der Waals surface area contributed by atoms with E-state index in [2.05, 4.69) is 20.4 Å². The second-order valence-electron chi connectivity index (χ2n) is 6.19. The Morgan fingerprint density at radius 3 is 2.31 bits per heavy atom. The molecule has 0 unspecified atom stereocenters. The van der Waals surface area contributed by atoms with Crippen molar-refractivity contribution in [3.63, 3.8) is 0 Å². The van der Waals surface area contributed by atoms with E-state index in [1.54, 1.807) is 19.2 Å². The van der Waals surface area contributed by atoms with E-state index in [1.807, 2.05) is 0 Å². The van der Waals surface area contributed by atoms with Crippen LogP contribution in [0.4, 0.5) is 13.2 Å². The predicted octanol–water partition coefficient (Wildman–Crippen LogP) is 2.45.